The molecule has 0 fully saturated rings. The minimum atomic E-state index is -1.17. The third-order valence-corrected chi connectivity index (χ3v) is 2.17. The van der Waals surface area contributed by atoms with Gasteiger partial charge in [0.05, 0.1) is 0 Å². The van der Waals surface area contributed by atoms with Crippen LogP contribution in [0.1, 0.15) is 29.4 Å². The maximum absolute atomic E-state index is 11.6. The summed E-state index contributed by atoms with van der Waals surface area (Å²) in [5.41, 5.74) is 3.00. The van der Waals surface area contributed by atoms with E-state index in [2.05, 4.69) is 9.82 Å². The van der Waals surface area contributed by atoms with Crippen molar-refractivity contribution in [3.63, 3.8) is 0 Å². The number of rotatable bonds is 6. The number of nitrogens with one attached hydrogen (secondary N) is 1. The first-order valence-corrected chi connectivity index (χ1v) is 5.71. The Labute approximate surface area is 109 Å². The Morgan fingerprint density at radius 3 is 2.83 bits per heavy atom. The van der Waals surface area contributed by atoms with Gasteiger partial charge in [0, 0.05) is 11.3 Å². The van der Waals surface area contributed by atoms with Crippen molar-refractivity contribution >= 4 is 23.5 Å². The van der Waals surface area contributed by atoms with Gasteiger partial charge in [-0.1, -0.05) is 24.9 Å². The Kier molecular flexibility index (Phi) is 5.54. The van der Waals surface area contributed by atoms with E-state index >= 15 is 0 Å². The van der Waals surface area contributed by atoms with Crippen molar-refractivity contribution in [2.45, 2.75) is 19.8 Å². The van der Waals surface area contributed by atoms with E-state index in [4.69, 9.17) is 16.7 Å². The van der Waals surface area contributed by atoms with Crippen LogP contribution in [0.4, 0.5) is 0 Å². The molecule has 0 aliphatic heterocycles. The summed E-state index contributed by atoms with van der Waals surface area (Å²) < 4.78 is 0. The van der Waals surface area contributed by atoms with Crippen LogP contribution < -0.4 is 5.48 Å². The first-order valence-electron chi connectivity index (χ1n) is 5.33. The standard InChI is InChI=1S/C11H13ClN2O4/c1-2-3-8-4-7(5-9(12)13-8)11(17)14-18-6-10(15)16/h4-5H,2-3,6H2,1H3,(H,14,17)(H,15,16). The van der Waals surface area contributed by atoms with Crippen LogP contribution >= 0.6 is 11.6 Å². The second-order valence-corrected chi connectivity index (χ2v) is 3.92. The molecule has 1 aromatic heterocycles. The number of amides is 1. The molecule has 7 heteroatoms. The number of carboxylic acids is 1. The Bertz CT molecular complexity index is 451. The molecule has 0 saturated carbocycles. The Hall–Kier alpha value is -1.66. The molecule has 0 aliphatic carbocycles. The quantitative estimate of drug-likeness (QED) is 0.604. The lowest BCUT2D eigenvalue weighted by Gasteiger charge is -2.06. The van der Waals surface area contributed by atoms with Crippen LogP contribution in [-0.2, 0) is 16.1 Å². The highest BCUT2D eigenvalue weighted by molar-refractivity contribution is 6.29. The second kappa shape index (κ2) is 6.93. The van der Waals surface area contributed by atoms with E-state index in [9.17, 15) is 9.59 Å². The fourth-order valence-corrected chi connectivity index (χ4v) is 1.51. The minimum Gasteiger partial charge on any atom is -0.479 e. The predicted octanol–water partition coefficient (Wildman–Crippen LogP) is 1.43. The van der Waals surface area contributed by atoms with Gasteiger partial charge in [0.15, 0.2) is 6.61 Å². The van der Waals surface area contributed by atoms with Crippen molar-refractivity contribution < 1.29 is 19.5 Å². The SMILES string of the molecule is CCCc1cc(C(=O)NOCC(=O)O)cc(Cl)n1. The molecule has 1 amide bonds. The molecule has 6 nitrogen and oxygen atoms in total. The summed E-state index contributed by atoms with van der Waals surface area (Å²) >= 11 is 5.79. The van der Waals surface area contributed by atoms with Crippen LogP contribution in [0.3, 0.4) is 0 Å². The minimum absolute atomic E-state index is 0.212. The van der Waals surface area contributed by atoms with Crippen molar-refractivity contribution in [1.82, 2.24) is 10.5 Å². The molecule has 0 aliphatic rings. The first-order chi connectivity index (χ1) is 8.52. The molecule has 0 unspecified atom stereocenters. The van der Waals surface area contributed by atoms with Crippen LogP contribution in [0.2, 0.25) is 5.15 Å². The number of aliphatic carboxylic acids is 1. The number of hydrogen-bond donors (Lipinski definition) is 2. The zero-order valence-electron chi connectivity index (χ0n) is 9.77. The van der Waals surface area contributed by atoms with E-state index in [1.807, 2.05) is 12.4 Å². The Morgan fingerprint density at radius 2 is 2.22 bits per heavy atom. The highest BCUT2D eigenvalue weighted by atomic mass is 35.5. The molecule has 1 heterocycles. The van der Waals surface area contributed by atoms with Gasteiger partial charge in [0.25, 0.3) is 5.91 Å². The molecular weight excluding hydrogens is 260 g/mol. The molecule has 0 saturated heterocycles. The van der Waals surface area contributed by atoms with Crippen molar-refractivity contribution in [1.29, 1.82) is 0 Å². The van der Waals surface area contributed by atoms with Gasteiger partial charge >= 0.3 is 5.97 Å². The molecule has 0 aromatic carbocycles. The summed E-state index contributed by atoms with van der Waals surface area (Å²) in [5.74, 6) is -1.73. The van der Waals surface area contributed by atoms with E-state index in [0.717, 1.165) is 6.42 Å². The molecule has 0 atom stereocenters. The summed E-state index contributed by atoms with van der Waals surface area (Å²) in [6.07, 6.45) is 1.58. The summed E-state index contributed by atoms with van der Waals surface area (Å²) in [7, 11) is 0. The van der Waals surface area contributed by atoms with Crippen LogP contribution in [-0.4, -0.2) is 28.6 Å². The fourth-order valence-electron chi connectivity index (χ4n) is 1.29. The smallest absolute Gasteiger partial charge is 0.332 e. The van der Waals surface area contributed by atoms with Gasteiger partial charge in [-0.2, -0.15) is 0 Å². The molecule has 98 valence electrons. The number of pyridine rings is 1. The number of aryl methyl sites for hydroxylation is 1. The molecule has 0 spiro atoms. The number of hydrogen-bond acceptors (Lipinski definition) is 4. The fraction of sp³-hybridized carbons (Fsp3) is 0.364. The number of hydroxylamine groups is 1. The van der Waals surface area contributed by atoms with Gasteiger partial charge in [-0.3, -0.25) is 9.63 Å². The lowest BCUT2D eigenvalue weighted by molar-refractivity contribution is -0.144. The van der Waals surface area contributed by atoms with E-state index in [1.165, 1.54) is 6.07 Å². The van der Waals surface area contributed by atoms with E-state index < -0.39 is 18.5 Å². The summed E-state index contributed by atoms with van der Waals surface area (Å²) in [6, 6.07) is 2.98. The summed E-state index contributed by atoms with van der Waals surface area (Å²) in [5, 5.41) is 8.56. The number of carbonyl (C=O) groups is 2. The average molecular weight is 273 g/mol. The van der Waals surface area contributed by atoms with E-state index in [1.54, 1.807) is 6.07 Å². The van der Waals surface area contributed by atoms with Crippen LogP contribution in [0.25, 0.3) is 0 Å². The first kappa shape index (κ1) is 14.4. The lowest BCUT2D eigenvalue weighted by Crippen LogP contribution is -2.26. The topological polar surface area (TPSA) is 88.5 Å². The van der Waals surface area contributed by atoms with Gasteiger partial charge in [-0.15, -0.1) is 0 Å². The molecule has 0 bridgehead atoms. The van der Waals surface area contributed by atoms with E-state index in [-0.39, 0.29) is 10.7 Å². The molecule has 1 aromatic rings. The number of carboxylic acid groups (broad SMARTS) is 1. The molecule has 0 radical (unpaired) electrons. The van der Waals surface area contributed by atoms with Gasteiger partial charge < -0.3 is 5.11 Å². The predicted molar refractivity (Wildman–Crippen MR) is 64.3 cm³/mol. The zero-order chi connectivity index (χ0) is 13.5. The van der Waals surface area contributed by atoms with Gasteiger partial charge in [0.1, 0.15) is 5.15 Å². The molecule has 18 heavy (non-hydrogen) atoms. The van der Waals surface area contributed by atoms with Crippen LogP contribution in [0, 0.1) is 0 Å². The normalized spacial score (nSPS) is 10.1. The number of aromatic nitrogens is 1. The summed E-state index contributed by atoms with van der Waals surface area (Å²) in [4.78, 5) is 30.4. The van der Waals surface area contributed by atoms with Crippen molar-refractivity contribution in [3.05, 3.63) is 28.5 Å². The maximum atomic E-state index is 11.6. The number of halogens is 1. The van der Waals surface area contributed by atoms with Crippen LogP contribution in [0.15, 0.2) is 12.1 Å². The van der Waals surface area contributed by atoms with Crippen molar-refractivity contribution in [2.75, 3.05) is 6.61 Å². The summed E-state index contributed by atoms with van der Waals surface area (Å²) in [6.45, 7) is 1.38. The zero-order valence-corrected chi connectivity index (χ0v) is 10.5. The van der Waals surface area contributed by atoms with Gasteiger partial charge in [-0.05, 0) is 18.6 Å². The third kappa shape index (κ3) is 4.68. The Morgan fingerprint density at radius 1 is 1.50 bits per heavy atom. The highest BCUT2D eigenvalue weighted by Gasteiger charge is 2.10. The molecule has 2 N–H and O–H groups in total. The van der Waals surface area contributed by atoms with Gasteiger partial charge in [0.2, 0.25) is 0 Å². The largest absolute Gasteiger partial charge is 0.479 e. The van der Waals surface area contributed by atoms with Gasteiger partial charge in [-0.25, -0.2) is 15.3 Å². The van der Waals surface area contributed by atoms with E-state index in [0.29, 0.717) is 12.1 Å². The van der Waals surface area contributed by atoms with Crippen molar-refractivity contribution in [2.24, 2.45) is 0 Å². The Balaban J connectivity index is 2.69. The lowest BCUT2D eigenvalue weighted by atomic mass is 10.1. The molecular formula is C11H13ClN2O4. The number of carbonyl (C=O) groups excluding carboxylic acids is 1. The third-order valence-electron chi connectivity index (χ3n) is 1.98. The maximum Gasteiger partial charge on any atom is 0.332 e. The molecule has 1 rings (SSSR count). The second-order valence-electron chi connectivity index (χ2n) is 3.53. The average Bonchev–Trinajstić information content (AvgIpc) is 2.28. The number of nitrogens with zero attached hydrogens (tertiary/aromatic N) is 1. The van der Waals surface area contributed by atoms with Crippen molar-refractivity contribution in [3.8, 4) is 0 Å². The highest BCUT2D eigenvalue weighted by Crippen LogP contribution is 2.12. The van der Waals surface area contributed by atoms with Crippen LogP contribution in [0.5, 0.6) is 0 Å². The monoisotopic (exact) mass is 272 g/mol.